The van der Waals surface area contributed by atoms with Crippen LogP contribution in [-0.2, 0) is 9.53 Å². The van der Waals surface area contributed by atoms with Gasteiger partial charge in [-0.25, -0.2) is 0 Å². The predicted octanol–water partition coefficient (Wildman–Crippen LogP) is 1.03. The number of carbonyl (C=O) groups excluding carboxylic acids is 1. The van der Waals surface area contributed by atoms with Gasteiger partial charge in [0.05, 0.1) is 18.1 Å². The van der Waals surface area contributed by atoms with E-state index in [1.54, 1.807) is 17.5 Å². The Balaban J connectivity index is 2.30. The van der Waals surface area contributed by atoms with Gasteiger partial charge in [-0.3, -0.25) is 9.59 Å². The van der Waals surface area contributed by atoms with Gasteiger partial charge < -0.3 is 9.84 Å². The zero-order chi connectivity index (χ0) is 10.2. The van der Waals surface area contributed by atoms with Crippen molar-refractivity contribution >= 4 is 23.1 Å². The van der Waals surface area contributed by atoms with Gasteiger partial charge in [-0.1, -0.05) is 6.07 Å². The predicted molar refractivity (Wildman–Crippen MR) is 49.5 cm³/mol. The maximum atomic E-state index is 11.8. The van der Waals surface area contributed by atoms with Gasteiger partial charge >= 0.3 is 5.97 Å². The number of hydrogen-bond acceptors (Lipinski definition) is 4. The third-order valence-electron chi connectivity index (χ3n) is 2.29. The van der Waals surface area contributed by atoms with Crippen LogP contribution in [0.1, 0.15) is 9.67 Å². The molecule has 2 rings (SSSR count). The Morgan fingerprint density at radius 1 is 1.50 bits per heavy atom. The Labute approximate surface area is 84.1 Å². The first kappa shape index (κ1) is 9.36. The van der Waals surface area contributed by atoms with Gasteiger partial charge in [0.1, 0.15) is 0 Å². The number of rotatable bonds is 3. The van der Waals surface area contributed by atoms with Gasteiger partial charge in [-0.15, -0.1) is 11.3 Å². The first-order valence-corrected chi connectivity index (χ1v) is 4.94. The fraction of sp³-hybridized carbons (Fsp3) is 0.333. The largest absolute Gasteiger partial charge is 0.480 e. The van der Waals surface area contributed by atoms with E-state index in [2.05, 4.69) is 0 Å². The lowest BCUT2D eigenvalue weighted by Crippen LogP contribution is -2.54. The monoisotopic (exact) mass is 212 g/mol. The SMILES string of the molecule is O=C(O)C1(C(=O)c2cccs2)COC1. The van der Waals surface area contributed by atoms with Crippen LogP contribution in [0.2, 0.25) is 0 Å². The number of aliphatic carboxylic acids is 1. The zero-order valence-electron chi connectivity index (χ0n) is 7.23. The van der Waals surface area contributed by atoms with Gasteiger partial charge in [0.25, 0.3) is 0 Å². The van der Waals surface area contributed by atoms with E-state index in [9.17, 15) is 9.59 Å². The first-order chi connectivity index (χ1) is 6.67. The second-order valence-corrected chi connectivity index (χ2v) is 4.13. The molecule has 5 heteroatoms. The van der Waals surface area contributed by atoms with Gasteiger partial charge in [-0.2, -0.15) is 0 Å². The molecule has 2 heterocycles. The zero-order valence-corrected chi connectivity index (χ0v) is 8.04. The summed E-state index contributed by atoms with van der Waals surface area (Å²) in [5.41, 5.74) is -1.33. The summed E-state index contributed by atoms with van der Waals surface area (Å²) < 4.78 is 4.82. The number of thiophene rings is 1. The molecule has 1 saturated heterocycles. The molecule has 1 aromatic rings. The van der Waals surface area contributed by atoms with Crippen LogP contribution >= 0.6 is 11.3 Å². The van der Waals surface area contributed by atoms with Crippen molar-refractivity contribution in [2.24, 2.45) is 5.41 Å². The lowest BCUT2D eigenvalue weighted by atomic mass is 9.81. The van der Waals surface area contributed by atoms with Crippen LogP contribution in [0, 0.1) is 5.41 Å². The third kappa shape index (κ3) is 1.17. The highest BCUT2D eigenvalue weighted by Crippen LogP contribution is 2.33. The maximum absolute atomic E-state index is 11.8. The Morgan fingerprint density at radius 3 is 2.57 bits per heavy atom. The number of Topliss-reactive ketones (excluding diaryl/α,β-unsaturated/α-hetero) is 1. The van der Waals surface area contributed by atoms with Gasteiger partial charge in [-0.05, 0) is 11.4 Å². The van der Waals surface area contributed by atoms with Crippen molar-refractivity contribution in [3.05, 3.63) is 22.4 Å². The van der Waals surface area contributed by atoms with Crippen LogP contribution < -0.4 is 0 Å². The van der Waals surface area contributed by atoms with Crippen LogP contribution in [0.5, 0.6) is 0 Å². The van der Waals surface area contributed by atoms with E-state index in [-0.39, 0.29) is 19.0 Å². The van der Waals surface area contributed by atoms with E-state index >= 15 is 0 Å². The highest BCUT2D eigenvalue weighted by atomic mass is 32.1. The van der Waals surface area contributed by atoms with E-state index < -0.39 is 11.4 Å². The normalized spacial score (nSPS) is 18.6. The second-order valence-electron chi connectivity index (χ2n) is 3.19. The molecule has 1 aliphatic rings. The molecule has 0 atom stereocenters. The van der Waals surface area contributed by atoms with E-state index in [0.717, 1.165) is 0 Å². The van der Waals surface area contributed by atoms with Crippen LogP contribution in [-0.4, -0.2) is 30.1 Å². The molecule has 0 aliphatic carbocycles. The topological polar surface area (TPSA) is 63.6 Å². The summed E-state index contributed by atoms with van der Waals surface area (Å²) in [4.78, 5) is 23.2. The molecule has 1 N–H and O–H groups in total. The average Bonchev–Trinajstić information content (AvgIpc) is 2.51. The number of carboxylic acids is 1. The minimum Gasteiger partial charge on any atom is -0.480 e. The number of ether oxygens (including phenoxy) is 1. The molecule has 4 nitrogen and oxygen atoms in total. The summed E-state index contributed by atoms with van der Waals surface area (Å²) in [7, 11) is 0. The second kappa shape index (κ2) is 3.18. The summed E-state index contributed by atoms with van der Waals surface area (Å²) in [6, 6.07) is 3.36. The molecule has 0 spiro atoms. The Morgan fingerprint density at radius 2 is 2.21 bits per heavy atom. The first-order valence-electron chi connectivity index (χ1n) is 4.06. The Bertz CT molecular complexity index is 364. The van der Waals surface area contributed by atoms with E-state index in [1.165, 1.54) is 11.3 Å². The molecule has 1 aromatic heterocycles. The third-order valence-corrected chi connectivity index (χ3v) is 3.15. The molecule has 1 aliphatic heterocycles. The van der Waals surface area contributed by atoms with Gasteiger partial charge in [0, 0.05) is 0 Å². The van der Waals surface area contributed by atoms with Crippen molar-refractivity contribution in [1.29, 1.82) is 0 Å². The van der Waals surface area contributed by atoms with E-state index in [1.807, 2.05) is 0 Å². The fourth-order valence-electron chi connectivity index (χ4n) is 1.30. The molecular weight excluding hydrogens is 204 g/mol. The minimum absolute atomic E-state index is 0.0148. The molecular formula is C9H8O4S. The van der Waals surface area contributed by atoms with Gasteiger partial charge in [0.2, 0.25) is 0 Å². The van der Waals surface area contributed by atoms with Crippen LogP contribution in [0.3, 0.4) is 0 Å². The van der Waals surface area contributed by atoms with Crippen LogP contribution in [0.4, 0.5) is 0 Å². The smallest absolute Gasteiger partial charge is 0.322 e. The van der Waals surface area contributed by atoms with Crippen molar-refractivity contribution < 1.29 is 19.4 Å². The Kier molecular flexibility index (Phi) is 2.13. The number of ketones is 1. The molecule has 0 unspecified atom stereocenters. The van der Waals surface area contributed by atoms with Crippen molar-refractivity contribution in [1.82, 2.24) is 0 Å². The van der Waals surface area contributed by atoms with E-state index in [4.69, 9.17) is 9.84 Å². The highest BCUT2D eigenvalue weighted by molar-refractivity contribution is 7.12. The summed E-state index contributed by atoms with van der Waals surface area (Å²) in [6.07, 6.45) is 0. The molecule has 0 bridgehead atoms. The standard InChI is InChI=1S/C9H8O4S/c10-7(6-2-1-3-14-6)9(8(11)12)4-13-5-9/h1-3H,4-5H2,(H,11,12). The van der Waals surface area contributed by atoms with Crippen molar-refractivity contribution in [2.45, 2.75) is 0 Å². The summed E-state index contributed by atoms with van der Waals surface area (Å²) >= 11 is 1.26. The van der Waals surface area contributed by atoms with Crippen LogP contribution in [0.25, 0.3) is 0 Å². The number of carbonyl (C=O) groups is 2. The van der Waals surface area contributed by atoms with Crippen molar-refractivity contribution in [3.63, 3.8) is 0 Å². The average molecular weight is 212 g/mol. The van der Waals surface area contributed by atoms with E-state index in [0.29, 0.717) is 4.88 Å². The van der Waals surface area contributed by atoms with Crippen molar-refractivity contribution in [3.8, 4) is 0 Å². The maximum Gasteiger partial charge on any atom is 0.322 e. The number of hydrogen-bond donors (Lipinski definition) is 1. The molecule has 0 aromatic carbocycles. The molecule has 14 heavy (non-hydrogen) atoms. The molecule has 1 fully saturated rings. The molecule has 74 valence electrons. The lowest BCUT2D eigenvalue weighted by Gasteiger charge is -2.35. The van der Waals surface area contributed by atoms with Gasteiger partial charge in [0.15, 0.2) is 11.2 Å². The molecule has 0 saturated carbocycles. The summed E-state index contributed by atoms with van der Waals surface area (Å²) in [5, 5.41) is 10.7. The number of carboxylic acid groups (broad SMARTS) is 1. The summed E-state index contributed by atoms with van der Waals surface area (Å²) in [5.74, 6) is -1.44. The molecule has 0 amide bonds. The summed E-state index contributed by atoms with van der Waals surface area (Å²) in [6.45, 7) is -0.0296. The highest BCUT2D eigenvalue weighted by Gasteiger charge is 2.53. The lowest BCUT2D eigenvalue weighted by molar-refractivity contribution is -0.168. The Hall–Kier alpha value is -1.20. The minimum atomic E-state index is -1.33. The van der Waals surface area contributed by atoms with Crippen molar-refractivity contribution in [2.75, 3.05) is 13.2 Å². The quantitative estimate of drug-likeness (QED) is 0.600. The van der Waals surface area contributed by atoms with Crippen LogP contribution in [0.15, 0.2) is 17.5 Å². The fourth-order valence-corrected chi connectivity index (χ4v) is 2.06. The molecule has 0 radical (unpaired) electrons.